The molecule has 0 amide bonds. The normalized spacial score (nSPS) is 16.1. The lowest BCUT2D eigenvalue weighted by atomic mass is 9.96. The van der Waals surface area contributed by atoms with E-state index in [2.05, 4.69) is 72.5 Å². The molecule has 0 saturated carbocycles. The van der Waals surface area contributed by atoms with E-state index in [-0.39, 0.29) is 0 Å². The van der Waals surface area contributed by atoms with Gasteiger partial charge in [0, 0.05) is 22.2 Å². The summed E-state index contributed by atoms with van der Waals surface area (Å²) in [6.45, 7) is 6.36. The zero-order valence-corrected chi connectivity index (χ0v) is 22.8. The Morgan fingerprint density at radius 2 is 1.58 bits per heavy atom. The van der Waals surface area contributed by atoms with E-state index < -0.39 is 0 Å². The van der Waals surface area contributed by atoms with Gasteiger partial charge in [-0.3, -0.25) is 0 Å². The van der Waals surface area contributed by atoms with E-state index in [1.165, 1.54) is 44.5 Å². The van der Waals surface area contributed by atoms with E-state index in [0.717, 1.165) is 68.0 Å². The molecular formula is C32H34N5S+. The highest BCUT2D eigenvalue weighted by molar-refractivity contribution is 7.26. The summed E-state index contributed by atoms with van der Waals surface area (Å²) < 4.78 is 1.21. The van der Waals surface area contributed by atoms with Crippen molar-refractivity contribution in [2.45, 2.75) is 45.1 Å². The fourth-order valence-corrected chi connectivity index (χ4v) is 7.88. The van der Waals surface area contributed by atoms with Crippen molar-refractivity contribution in [1.29, 1.82) is 0 Å². The number of hydrogen-bond donors (Lipinski definition) is 1. The SMILES string of the molecule is CCCc1nc2sc3c(N4CC[NH+](C(c5ccccc5)c5ccccc5)CC4)ncnc3c2c2c1CCC2. The molecule has 2 aromatic carbocycles. The smallest absolute Gasteiger partial charge is 0.150 e. The summed E-state index contributed by atoms with van der Waals surface area (Å²) >= 11 is 1.80. The lowest BCUT2D eigenvalue weighted by Gasteiger charge is -2.37. The molecule has 5 aromatic rings. The monoisotopic (exact) mass is 520 g/mol. The molecule has 1 fully saturated rings. The van der Waals surface area contributed by atoms with Crippen LogP contribution < -0.4 is 9.80 Å². The van der Waals surface area contributed by atoms with Crippen LogP contribution in [0.1, 0.15) is 53.8 Å². The van der Waals surface area contributed by atoms with Crippen molar-refractivity contribution in [3.8, 4) is 0 Å². The van der Waals surface area contributed by atoms with Gasteiger partial charge in [0.1, 0.15) is 17.2 Å². The van der Waals surface area contributed by atoms with Crippen LogP contribution in [0.25, 0.3) is 20.4 Å². The first-order valence-corrected chi connectivity index (χ1v) is 14.9. The summed E-state index contributed by atoms with van der Waals surface area (Å²) in [5.74, 6) is 1.09. The van der Waals surface area contributed by atoms with Gasteiger partial charge in [-0.25, -0.2) is 15.0 Å². The number of pyridine rings is 1. The summed E-state index contributed by atoms with van der Waals surface area (Å²) in [6, 6.07) is 22.3. The first kappa shape index (κ1) is 23.7. The van der Waals surface area contributed by atoms with Crippen molar-refractivity contribution in [2.75, 3.05) is 31.1 Å². The third-order valence-corrected chi connectivity index (χ3v) is 9.47. The van der Waals surface area contributed by atoms with Crippen LogP contribution in [0.3, 0.4) is 0 Å². The molecule has 38 heavy (non-hydrogen) atoms. The second-order valence-electron chi connectivity index (χ2n) is 10.7. The van der Waals surface area contributed by atoms with Crippen molar-refractivity contribution in [1.82, 2.24) is 15.0 Å². The lowest BCUT2D eigenvalue weighted by Crippen LogP contribution is -3.15. The number of anilines is 1. The van der Waals surface area contributed by atoms with E-state index in [4.69, 9.17) is 15.0 Å². The molecule has 0 unspecified atom stereocenters. The number of aromatic nitrogens is 3. The van der Waals surface area contributed by atoms with Gasteiger partial charge in [0.05, 0.1) is 36.4 Å². The van der Waals surface area contributed by atoms with Crippen LogP contribution in [0.5, 0.6) is 0 Å². The van der Waals surface area contributed by atoms with Gasteiger partial charge in [0.25, 0.3) is 0 Å². The molecule has 1 saturated heterocycles. The lowest BCUT2D eigenvalue weighted by molar-refractivity contribution is -0.926. The van der Waals surface area contributed by atoms with Crippen LogP contribution in [0, 0.1) is 0 Å². The Balaban J connectivity index is 1.21. The number of hydrogen-bond acceptors (Lipinski definition) is 5. The number of nitrogens with zero attached hydrogens (tertiary/aromatic N) is 4. The summed E-state index contributed by atoms with van der Waals surface area (Å²) in [6.07, 6.45) is 7.54. The number of aryl methyl sites for hydroxylation is 2. The number of piperazine rings is 1. The average Bonchev–Trinajstić information content (AvgIpc) is 3.60. The minimum absolute atomic E-state index is 0.345. The third kappa shape index (κ3) is 4.07. The van der Waals surface area contributed by atoms with Crippen LogP contribution in [-0.4, -0.2) is 41.1 Å². The second-order valence-corrected chi connectivity index (χ2v) is 11.7. The van der Waals surface area contributed by atoms with Gasteiger partial charge in [-0.15, -0.1) is 11.3 Å². The predicted octanol–water partition coefficient (Wildman–Crippen LogP) is 5.18. The van der Waals surface area contributed by atoms with Crippen molar-refractivity contribution in [3.05, 3.63) is 94.9 Å². The fraction of sp³-hybridized carbons (Fsp3) is 0.344. The molecule has 4 heterocycles. The first-order chi connectivity index (χ1) is 18.8. The molecule has 0 radical (unpaired) electrons. The predicted molar refractivity (Wildman–Crippen MR) is 156 cm³/mol. The standard InChI is InChI=1S/C32H33N5S/c1-2-10-26-24-15-9-16-25(24)27-28-30(38-32(27)35-26)31(34-21-33-28)37-19-17-36(18-20-37)29(22-11-5-3-6-12-22)23-13-7-4-8-14-23/h3-8,11-14,21,29H,2,9-10,15-20H2,1H3/p+1. The Bertz CT molecular complexity index is 1530. The molecule has 192 valence electrons. The highest BCUT2D eigenvalue weighted by Crippen LogP contribution is 2.42. The summed E-state index contributed by atoms with van der Waals surface area (Å²) in [7, 11) is 0. The minimum atomic E-state index is 0.345. The first-order valence-electron chi connectivity index (χ1n) is 14.1. The van der Waals surface area contributed by atoms with Crippen LogP contribution in [0.15, 0.2) is 67.0 Å². The van der Waals surface area contributed by atoms with Crippen LogP contribution in [0.2, 0.25) is 0 Å². The number of rotatable bonds is 6. The van der Waals surface area contributed by atoms with Gasteiger partial charge in [-0.05, 0) is 36.8 Å². The molecule has 3 aromatic heterocycles. The van der Waals surface area contributed by atoms with Gasteiger partial charge in [-0.1, -0.05) is 74.0 Å². The van der Waals surface area contributed by atoms with Crippen LogP contribution >= 0.6 is 11.3 Å². The van der Waals surface area contributed by atoms with Gasteiger partial charge < -0.3 is 9.80 Å². The maximum atomic E-state index is 5.19. The molecular weight excluding hydrogens is 486 g/mol. The van der Waals surface area contributed by atoms with E-state index in [1.807, 2.05) is 0 Å². The average molecular weight is 521 g/mol. The van der Waals surface area contributed by atoms with Gasteiger partial charge in [-0.2, -0.15) is 0 Å². The number of nitrogens with one attached hydrogen (secondary N) is 1. The van der Waals surface area contributed by atoms with Gasteiger partial charge in [0.15, 0.2) is 5.82 Å². The Kier molecular flexibility index (Phi) is 6.30. The second kappa shape index (κ2) is 10.1. The van der Waals surface area contributed by atoms with Crippen LogP contribution in [0.4, 0.5) is 5.82 Å². The summed E-state index contributed by atoms with van der Waals surface area (Å²) in [5, 5.41) is 1.30. The maximum absolute atomic E-state index is 5.19. The molecule has 6 heteroatoms. The van der Waals surface area contributed by atoms with Crippen LogP contribution in [-0.2, 0) is 19.3 Å². The number of thiophene rings is 1. The zero-order chi connectivity index (χ0) is 25.5. The number of benzene rings is 2. The molecule has 1 aliphatic heterocycles. The Hall–Kier alpha value is -3.35. The fourth-order valence-electron chi connectivity index (χ4n) is 6.68. The molecule has 7 rings (SSSR count). The van der Waals surface area contributed by atoms with Gasteiger partial charge >= 0.3 is 0 Å². The highest BCUT2D eigenvalue weighted by Gasteiger charge is 2.32. The third-order valence-electron chi connectivity index (χ3n) is 8.40. The Morgan fingerprint density at radius 3 is 2.26 bits per heavy atom. The highest BCUT2D eigenvalue weighted by atomic mass is 32.1. The molecule has 2 aliphatic rings. The zero-order valence-electron chi connectivity index (χ0n) is 22.0. The van der Waals surface area contributed by atoms with Gasteiger partial charge in [0.2, 0.25) is 0 Å². The van der Waals surface area contributed by atoms with Crippen molar-refractivity contribution >= 4 is 37.6 Å². The molecule has 1 N–H and O–H groups in total. The van der Waals surface area contributed by atoms with E-state index in [1.54, 1.807) is 22.6 Å². The largest absolute Gasteiger partial charge is 0.344 e. The van der Waals surface area contributed by atoms with Crippen molar-refractivity contribution in [2.24, 2.45) is 0 Å². The topological polar surface area (TPSA) is 46.4 Å². The molecule has 5 nitrogen and oxygen atoms in total. The Labute approximate surface area is 228 Å². The summed E-state index contributed by atoms with van der Waals surface area (Å²) in [5.41, 5.74) is 8.22. The quantitative estimate of drug-likeness (QED) is 0.335. The number of quaternary nitrogens is 1. The Morgan fingerprint density at radius 1 is 0.895 bits per heavy atom. The molecule has 1 aliphatic carbocycles. The van der Waals surface area contributed by atoms with E-state index in [0.29, 0.717) is 6.04 Å². The van der Waals surface area contributed by atoms with Crippen molar-refractivity contribution < 1.29 is 4.90 Å². The molecule has 0 bridgehead atoms. The maximum Gasteiger partial charge on any atom is 0.150 e. The van der Waals surface area contributed by atoms with E-state index >= 15 is 0 Å². The number of fused-ring (bicyclic) bond motifs is 5. The summed E-state index contributed by atoms with van der Waals surface area (Å²) in [4.78, 5) is 20.1. The molecule has 0 spiro atoms. The minimum Gasteiger partial charge on any atom is -0.344 e. The molecule has 0 atom stereocenters. The van der Waals surface area contributed by atoms with E-state index in [9.17, 15) is 0 Å². The van der Waals surface area contributed by atoms with Crippen molar-refractivity contribution in [3.63, 3.8) is 0 Å².